The molecule has 0 fully saturated rings. The van der Waals surface area contributed by atoms with E-state index in [1.807, 2.05) is 0 Å². The molecular formula is C13H10ClFN2O2. The number of nitrogens with one attached hydrogen (secondary N) is 1. The minimum atomic E-state index is -0.508. The molecule has 0 aliphatic carbocycles. The molecule has 6 heteroatoms. The van der Waals surface area contributed by atoms with Crippen LogP contribution in [0, 0.1) is 15.9 Å². The van der Waals surface area contributed by atoms with Crippen molar-refractivity contribution in [1.29, 1.82) is 0 Å². The summed E-state index contributed by atoms with van der Waals surface area (Å²) in [6, 6.07) is 10.7. The van der Waals surface area contributed by atoms with E-state index in [1.54, 1.807) is 24.3 Å². The summed E-state index contributed by atoms with van der Waals surface area (Å²) in [6.07, 6.45) is 0. The van der Waals surface area contributed by atoms with Crippen LogP contribution in [0.4, 0.5) is 15.8 Å². The maximum absolute atomic E-state index is 13.6. The van der Waals surface area contributed by atoms with Gasteiger partial charge in [-0.2, -0.15) is 0 Å². The predicted molar refractivity (Wildman–Crippen MR) is 71.8 cm³/mol. The zero-order valence-corrected chi connectivity index (χ0v) is 10.5. The topological polar surface area (TPSA) is 55.2 Å². The Balaban J connectivity index is 2.06. The number of nitro benzene ring substituents is 1. The molecular weight excluding hydrogens is 271 g/mol. The predicted octanol–water partition coefficient (Wildman–Crippen LogP) is 4.00. The molecule has 2 aromatic rings. The van der Waals surface area contributed by atoms with Crippen molar-refractivity contribution in [2.24, 2.45) is 0 Å². The van der Waals surface area contributed by atoms with Gasteiger partial charge < -0.3 is 5.32 Å². The highest BCUT2D eigenvalue weighted by molar-refractivity contribution is 6.31. The van der Waals surface area contributed by atoms with Crippen LogP contribution in [0.5, 0.6) is 0 Å². The molecule has 0 aromatic heterocycles. The molecule has 0 aliphatic heterocycles. The first-order valence-electron chi connectivity index (χ1n) is 5.49. The third-order valence-corrected chi connectivity index (χ3v) is 2.87. The van der Waals surface area contributed by atoms with Gasteiger partial charge in [0.1, 0.15) is 0 Å². The standard InChI is InChI=1S/C13H10ClFN2O2/c14-11-2-1-3-12(13(11)15)16-8-9-4-6-10(7-5-9)17(18)19/h1-7,16H,8H2. The van der Waals surface area contributed by atoms with Crippen molar-refractivity contribution in [3.63, 3.8) is 0 Å². The van der Waals surface area contributed by atoms with Crippen LogP contribution in [0.3, 0.4) is 0 Å². The number of anilines is 1. The summed E-state index contributed by atoms with van der Waals surface area (Å²) in [6.45, 7) is 0.356. The second-order valence-corrected chi connectivity index (χ2v) is 4.29. The van der Waals surface area contributed by atoms with Gasteiger partial charge in [0.2, 0.25) is 0 Å². The van der Waals surface area contributed by atoms with Crippen molar-refractivity contribution in [3.8, 4) is 0 Å². The Morgan fingerprint density at radius 1 is 1.21 bits per heavy atom. The van der Waals surface area contributed by atoms with Gasteiger partial charge in [-0.05, 0) is 17.7 Å². The Labute approximate surface area is 114 Å². The molecule has 0 bridgehead atoms. The molecule has 2 aromatic carbocycles. The minimum absolute atomic E-state index is 0.0256. The highest BCUT2D eigenvalue weighted by atomic mass is 35.5. The van der Waals surface area contributed by atoms with Gasteiger partial charge in [0.25, 0.3) is 5.69 Å². The Kier molecular flexibility index (Phi) is 3.97. The SMILES string of the molecule is O=[N+]([O-])c1ccc(CNc2cccc(Cl)c2F)cc1. The van der Waals surface area contributed by atoms with E-state index in [2.05, 4.69) is 5.32 Å². The molecule has 4 nitrogen and oxygen atoms in total. The molecule has 0 saturated carbocycles. The summed E-state index contributed by atoms with van der Waals surface area (Å²) in [4.78, 5) is 10.0. The summed E-state index contributed by atoms with van der Waals surface area (Å²) in [5.74, 6) is -0.508. The van der Waals surface area contributed by atoms with Crippen LogP contribution < -0.4 is 5.32 Å². The monoisotopic (exact) mass is 280 g/mol. The fourth-order valence-corrected chi connectivity index (χ4v) is 1.75. The van der Waals surface area contributed by atoms with Crippen LogP contribution >= 0.6 is 11.6 Å². The number of halogens is 2. The molecule has 0 radical (unpaired) electrons. The first-order chi connectivity index (χ1) is 9.08. The summed E-state index contributed by atoms with van der Waals surface area (Å²) < 4.78 is 13.6. The third kappa shape index (κ3) is 3.20. The molecule has 1 N–H and O–H groups in total. The number of hydrogen-bond donors (Lipinski definition) is 1. The van der Waals surface area contributed by atoms with E-state index in [9.17, 15) is 14.5 Å². The van der Waals surface area contributed by atoms with Crippen molar-refractivity contribution in [3.05, 3.63) is 69.0 Å². The summed E-state index contributed by atoms with van der Waals surface area (Å²) in [7, 11) is 0. The summed E-state index contributed by atoms with van der Waals surface area (Å²) >= 11 is 5.66. The van der Waals surface area contributed by atoms with Crippen LogP contribution in [-0.4, -0.2) is 4.92 Å². The van der Waals surface area contributed by atoms with Gasteiger partial charge in [0.05, 0.1) is 15.6 Å². The van der Waals surface area contributed by atoms with E-state index in [-0.39, 0.29) is 10.7 Å². The zero-order chi connectivity index (χ0) is 13.8. The van der Waals surface area contributed by atoms with Crippen LogP contribution in [0.1, 0.15) is 5.56 Å². The molecule has 0 atom stereocenters. The van der Waals surface area contributed by atoms with Gasteiger partial charge in [-0.3, -0.25) is 10.1 Å². The Hall–Kier alpha value is -2.14. The van der Waals surface area contributed by atoms with E-state index in [0.717, 1.165) is 5.56 Å². The maximum atomic E-state index is 13.6. The smallest absolute Gasteiger partial charge is 0.269 e. The number of benzene rings is 2. The molecule has 0 saturated heterocycles. The first kappa shape index (κ1) is 13.3. The Bertz CT molecular complexity index is 602. The average Bonchev–Trinajstić information content (AvgIpc) is 2.41. The van der Waals surface area contributed by atoms with Crippen LogP contribution in [0.15, 0.2) is 42.5 Å². The maximum Gasteiger partial charge on any atom is 0.269 e. The van der Waals surface area contributed by atoms with E-state index >= 15 is 0 Å². The number of hydrogen-bond acceptors (Lipinski definition) is 3. The average molecular weight is 281 g/mol. The van der Waals surface area contributed by atoms with Crippen LogP contribution in [-0.2, 0) is 6.54 Å². The fourth-order valence-electron chi connectivity index (χ4n) is 1.57. The van der Waals surface area contributed by atoms with Crippen molar-refractivity contribution in [2.75, 3.05) is 5.32 Å². The molecule has 0 aliphatic rings. The Morgan fingerprint density at radius 2 is 1.89 bits per heavy atom. The lowest BCUT2D eigenvalue weighted by molar-refractivity contribution is -0.384. The summed E-state index contributed by atoms with van der Waals surface area (Å²) in [5.41, 5.74) is 1.13. The van der Waals surface area contributed by atoms with E-state index in [0.29, 0.717) is 12.2 Å². The Morgan fingerprint density at radius 3 is 2.53 bits per heavy atom. The van der Waals surface area contributed by atoms with Gasteiger partial charge in [-0.25, -0.2) is 4.39 Å². The van der Waals surface area contributed by atoms with Gasteiger partial charge in [0.15, 0.2) is 5.82 Å². The lowest BCUT2D eigenvalue weighted by atomic mass is 10.2. The fraction of sp³-hybridized carbons (Fsp3) is 0.0769. The summed E-state index contributed by atoms with van der Waals surface area (Å²) in [5, 5.41) is 13.4. The lowest BCUT2D eigenvalue weighted by Crippen LogP contribution is -2.01. The van der Waals surface area contributed by atoms with Gasteiger partial charge in [-0.15, -0.1) is 0 Å². The molecule has 2 rings (SSSR count). The van der Waals surface area contributed by atoms with Crippen molar-refractivity contribution in [2.45, 2.75) is 6.54 Å². The van der Waals surface area contributed by atoms with E-state index in [1.165, 1.54) is 18.2 Å². The molecule has 0 heterocycles. The van der Waals surface area contributed by atoms with Gasteiger partial charge in [0, 0.05) is 18.7 Å². The van der Waals surface area contributed by atoms with Crippen LogP contribution in [0.25, 0.3) is 0 Å². The zero-order valence-electron chi connectivity index (χ0n) is 9.77. The van der Waals surface area contributed by atoms with Crippen molar-refractivity contribution < 1.29 is 9.31 Å². The number of rotatable bonds is 4. The van der Waals surface area contributed by atoms with Crippen LogP contribution in [0.2, 0.25) is 5.02 Å². The van der Waals surface area contributed by atoms with Crippen molar-refractivity contribution in [1.82, 2.24) is 0 Å². The second kappa shape index (κ2) is 5.67. The highest BCUT2D eigenvalue weighted by Crippen LogP contribution is 2.22. The third-order valence-electron chi connectivity index (χ3n) is 2.58. The number of nitrogens with zero attached hydrogens (tertiary/aromatic N) is 1. The highest BCUT2D eigenvalue weighted by Gasteiger charge is 2.07. The van der Waals surface area contributed by atoms with Gasteiger partial charge in [-0.1, -0.05) is 29.8 Å². The lowest BCUT2D eigenvalue weighted by Gasteiger charge is -2.08. The molecule has 0 spiro atoms. The van der Waals surface area contributed by atoms with E-state index < -0.39 is 10.7 Å². The van der Waals surface area contributed by atoms with Gasteiger partial charge >= 0.3 is 0 Å². The molecule has 19 heavy (non-hydrogen) atoms. The first-order valence-corrected chi connectivity index (χ1v) is 5.87. The minimum Gasteiger partial charge on any atom is -0.379 e. The molecule has 0 amide bonds. The largest absolute Gasteiger partial charge is 0.379 e. The molecule has 0 unspecified atom stereocenters. The van der Waals surface area contributed by atoms with E-state index in [4.69, 9.17) is 11.6 Å². The van der Waals surface area contributed by atoms with Crippen molar-refractivity contribution >= 4 is 23.0 Å². The number of non-ortho nitro benzene ring substituents is 1. The normalized spacial score (nSPS) is 10.2. The molecule has 98 valence electrons. The number of nitro groups is 1. The quantitative estimate of drug-likeness (QED) is 0.680. The second-order valence-electron chi connectivity index (χ2n) is 3.88.